The number of carbonyl (C=O) groups excluding carboxylic acids is 1. The number of amides is 1. The van der Waals surface area contributed by atoms with Crippen LogP contribution in [0.15, 0.2) is 6.20 Å². The maximum atomic E-state index is 12.2. The number of nitrogens with zero attached hydrogens (tertiary/aromatic N) is 3. The highest BCUT2D eigenvalue weighted by Crippen LogP contribution is 2.24. The first-order valence-electron chi connectivity index (χ1n) is 6.62. The first-order chi connectivity index (χ1) is 8.58. The molecule has 0 bridgehead atoms. The van der Waals surface area contributed by atoms with E-state index in [-0.39, 0.29) is 5.91 Å². The summed E-state index contributed by atoms with van der Waals surface area (Å²) >= 11 is 0. The van der Waals surface area contributed by atoms with Gasteiger partial charge in [-0.2, -0.15) is 5.10 Å². The van der Waals surface area contributed by atoms with Crippen LogP contribution in [0, 0.1) is 5.92 Å². The number of hydrogen-bond donors (Lipinski definition) is 1. The Kier molecular flexibility index (Phi) is 3.89. The summed E-state index contributed by atoms with van der Waals surface area (Å²) in [7, 11) is 3.61. The molecule has 0 aromatic carbocycles. The molecule has 1 aliphatic carbocycles. The fourth-order valence-electron chi connectivity index (χ4n) is 2.69. The summed E-state index contributed by atoms with van der Waals surface area (Å²) in [5.74, 6) is 0.566. The predicted molar refractivity (Wildman–Crippen MR) is 71.2 cm³/mol. The van der Waals surface area contributed by atoms with Crippen LogP contribution in [0.25, 0.3) is 0 Å². The fraction of sp³-hybridized carbons (Fsp3) is 0.692. The molecule has 2 rings (SSSR count). The van der Waals surface area contributed by atoms with Crippen molar-refractivity contribution >= 4 is 11.6 Å². The number of carbonyl (C=O) groups is 1. The molecule has 0 unspecified atom stereocenters. The number of aromatic nitrogens is 2. The third kappa shape index (κ3) is 2.83. The van der Waals surface area contributed by atoms with Crippen LogP contribution in [0.1, 0.15) is 42.6 Å². The van der Waals surface area contributed by atoms with E-state index in [1.807, 2.05) is 7.05 Å². The molecule has 1 amide bonds. The Bertz CT molecular complexity index is 421. The number of rotatable bonds is 3. The van der Waals surface area contributed by atoms with Crippen molar-refractivity contribution in [1.29, 1.82) is 0 Å². The molecular weight excluding hydrogens is 228 g/mol. The Balaban J connectivity index is 1.97. The molecule has 5 heteroatoms. The van der Waals surface area contributed by atoms with Gasteiger partial charge in [0.15, 0.2) is 5.69 Å². The quantitative estimate of drug-likeness (QED) is 0.887. The Morgan fingerprint density at radius 3 is 2.72 bits per heavy atom. The third-order valence-corrected chi connectivity index (χ3v) is 3.66. The summed E-state index contributed by atoms with van der Waals surface area (Å²) in [4.78, 5) is 14.0. The largest absolute Gasteiger partial charge is 0.396 e. The third-order valence-electron chi connectivity index (χ3n) is 3.66. The molecule has 1 aromatic heterocycles. The van der Waals surface area contributed by atoms with Crippen LogP contribution < -0.4 is 5.73 Å². The minimum atomic E-state index is -0.0707. The molecule has 0 radical (unpaired) electrons. The second-order valence-electron chi connectivity index (χ2n) is 5.30. The lowest BCUT2D eigenvalue weighted by Gasteiger charge is -2.26. The number of nitrogens with two attached hydrogens (primary N) is 1. The van der Waals surface area contributed by atoms with Crippen molar-refractivity contribution in [3.05, 3.63) is 11.9 Å². The molecule has 2 N–H and O–H groups in total. The summed E-state index contributed by atoms with van der Waals surface area (Å²) in [6.07, 6.45) is 8.05. The Morgan fingerprint density at radius 1 is 1.50 bits per heavy atom. The Hall–Kier alpha value is -1.52. The van der Waals surface area contributed by atoms with E-state index >= 15 is 0 Å². The lowest BCUT2D eigenvalue weighted by molar-refractivity contribution is 0.0755. The highest BCUT2D eigenvalue weighted by Gasteiger charge is 2.22. The van der Waals surface area contributed by atoms with E-state index in [4.69, 9.17) is 5.73 Å². The molecule has 1 saturated carbocycles. The second kappa shape index (κ2) is 5.42. The molecule has 100 valence electrons. The van der Waals surface area contributed by atoms with E-state index in [1.165, 1.54) is 32.1 Å². The number of nitrogen functional groups attached to an aromatic ring is 1. The standard InChI is InChI=1S/C13H22N4O/c1-16(8-10-6-4-3-5-7-10)13(18)12-11(14)9-17(2)15-12/h9-10H,3-8,14H2,1-2H3. The average molecular weight is 250 g/mol. The van der Waals surface area contributed by atoms with Crippen molar-refractivity contribution in [3.63, 3.8) is 0 Å². The van der Waals surface area contributed by atoms with Gasteiger partial charge in [-0.3, -0.25) is 9.48 Å². The molecule has 1 heterocycles. The lowest BCUT2D eigenvalue weighted by Crippen LogP contribution is -2.33. The van der Waals surface area contributed by atoms with Crippen LogP contribution in [-0.2, 0) is 7.05 Å². The topological polar surface area (TPSA) is 64.2 Å². The molecule has 0 aliphatic heterocycles. The van der Waals surface area contributed by atoms with Crippen LogP contribution in [0.2, 0.25) is 0 Å². The normalized spacial score (nSPS) is 16.8. The Labute approximate surface area is 108 Å². The first-order valence-corrected chi connectivity index (χ1v) is 6.62. The van der Waals surface area contributed by atoms with Crippen molar-refractivity contribution in [2.45, 2.75) is 32.1 Å². The van der Waals surface area contributed by atoms with E-state index in [0.717, 1.165) is 6.54 Å². The summed E-state index contributed by atoms with van der Waals surface area (Å²) in [6, 6.07) is 0. The Morgan fingerprint density at radius 2 is 2.17 bits per heavy atom. The molecule has 18 heavy (non-hydrogen) atoms. The highest BCUT2D eigenvalue weighted by molar-refractivity contribution is 5.96. The molecule has 0 saturated heterocycles. The minimum Gasteiger partial charge on any atom is -0.396 e. The second-order valence-corrected chi connectivity index (χ2v) is 5.30. The number of aryl methyl sites for hydroxylation is 1. The molecule has 1 fully saturated rings. The van der Waals surface area contributed by atoms with E-state index in [2.05, 4.69) is 5.10 Å². The van der Waals surface area contributed by atoms with E-state index in [9.17, 15) is 4.79 Å². The minimum absolute atomic E-state index is 0.0707. The van der Waals surface area contributed by atoms with Gasteiger partial charge in [-0.25, -0.2) is 0 Å². The van der Waals surface area contributed by atoms with Gasteiger partial charge in [-0.1, -0.05) is 19.3 Å². The van der Waals surface area contributed by atoms with Crippen LogP contribution in [0.3, 0.4) is 0 Å². The van der Waals surface area contributed by atoms with E-state index in [1.54, 1.807) is 22.8 Å². The van der Waals surface area contributed by atoms with Gasteiger partial charge in [0.25, 0.3) is 5.91 Å². The van der Waals surface area contributed by atoms with Gasteiger partial charge >= 0.3 is 0 Å². The zero-order chi connectivity index (χ0) is 13.1. The molecule has 0 spiro atoms. The predicted octanol–water partition coefficient (Wildman–Crippen LogP) is 1.65. The first kappa shape index (κ1) is 12.9. The van der Waals surface area contributed by atoms with Crippen molar-refractivity contribution < 1.29 is 4.79 Å². The van der Waals surface area contributed by atoms with Crippen molar-refractivity contribution in [2.24, 2.45) is 13.0 Å². The van der Waals surface area contributed by atoms with Crippen molar-refractivity contribution in [1.82, 2.24) is 14.7 Å². The van der Waals surface area contributed by atoms with Crippen LogP contribution >= 0.6 is 0 Å². The monoisotopic (exact) mass is 250 g/mol. The maximum absolute atomic E-state index is 12.2. The number of anilines is 1. The smallest absolute Gasteiger partial charge is 0.276 e. The molecular formula is C13H22N4O. The van der Waals surface area contributed by atoms with E-state index in [0.29, 0.717) is 17.3 Å². The summed E-state index contributed by atoms with van der Waals surface area (Å²) in [5.41, 5.74) is 6.61. The zero-order valence-electron chi connectivity index (χ0n) is 11.2. The van der Waals surface area contributed by atoms with Gasteiger partial charge < -0.3 is 10.6 Å². The van der Waals surface area contributed by atoms with Gasteiger partial charge in [0, 0.05) is 26.8 Å². The maximum Gasteiger partial charge on any atom is 0.276 e. The molecule has 1 aromatic rings. The van der Waals surface area contributed by atoms with Crippen molar-refractivity contribution in [3.8, 4) is 0 Å². The molecule has 1 aliphatic rings. The van der Waals surface area contributed by atoms with Crippen LogP contribution in [0.4, 0.5) is 5.69 Å². The lowest BCUT2D eigenvalue weighted by atomic mass is 9.89. The zero-order valence-corrected chi connectivity index (χ0v) is 11.2. The summed E-state index contributed by atoms with van der Waals surface area (Å²) in [5, 5.41) is 4.12. The van der Waals surface area contributed by atoms with Crippen LogP contribution in [-0.4, -0.2) is 34.2 Å². The summed E-state index contributed by atoms with van der Waals surface area (Å²) in [6.45, 7) is 0.814. The van der Waals surface area contributed by atoms with Gasteiger partial charge in [-0.05, 0) is 18.8 Å². The highest BCUT2D eigenvalue weighted by atomic mass is 16.2. The van der Waals surface area contributed by atoms with Crippen molar-refractivity contribution in [2.75, 3.05) is 19.3 Å². The average Bonchev–Trinajstić information content (AvgIpc) is 2.68. The van der Waals surface area contributed by atoms with Crippen LogP contribution in [0.5, 0.6) is 0 Å². The van der Waals surface area contributed by atoms with Gasteiger partial charge in [-0.15, -0.1) is 0 Å². The summed E-state index contributed by atoms with van der Waals surface area (Å²) < 4.78 is 1.58. The molecule has 5 nitrogen and oxygen atoms in total. The van der Waals surface area contributed by atoms with Gasteiger partial charge in [0.1, 0.15) is 0 Å². The molecule has 0 atom stereocenters. The van der Waals surface area contributed by atoms with E-state index < -0.39 is 0 Å². The SMILES string of the molecule is CN(CC1CCCCC1)C(=O)c1nn(C)cc1N. The van der Waals surface area contributed by atoms with Gasteiger partial charge in [0.05, 0.1) is 5.69 Å². The fourth-order valence-corrected chi connectivity index (χ4v) is 2.69. The number of hydrogen-bond acceptors (Lipinski definition) is 3. The van der Waals surface area contributed by atoms with Gasteiger partial charge in [0.2, 0.25) is 0 Å².